The molecule has 3 aliphatic rings. The van der Waals surface area contributed by atoms with Crippen LogP contribution in [0.3, 0.4) is 0 Å². The van der Waals surface area contributed by atoms with Gasteiger partial charge in [-0.25, -0.2) is 8.42 Å². The molecule has 9 nitrogen and oxygen atoms in total. The number of carbonyl (C=O) groups excluding carboxylic acids is 2. The van der Waals surface area contributed by atoms with Crippen molar-refractivity contribution in [1.82, 2.24) is 9.21 Å². The molecule has 2 fully saturated rings. The molecule has 2 atom stereocenters. The Morgan fingerprint density at radius 3 is 2.50 bits per heavy atom. The van der Waals surface area contributed by atoms with Gasteiger partial charge >= 0.3 is 0 Å². The Kier molecular flexibility index (Phi) is 6.65. The third kappa shape index (κ3) is 4.67. The molecule has 0 aromatic heterocycles. The molecule has 0 spiro atoms. The van der Waals surface area contributed by atoms with Crippen LogP contribution in [0.25, 0.3) is 0 Å². The molecule has 2 amide bonds. The lowest BCUT2D eigenvalue weighted by Crippen LogP contribution is -2.53. The van der Waals surface area contributed by atoms with Crippen LogP contribution in [-0.2, 0) is 19.6 Å². The van der Waals surface area contributed by atoms with E-state index in [0.29, 0.717) is 49.5 Å². The van der Waals surface area contributed by atoms with Crippen molar-refractivity contribution in [2.24, 2.45) is 5.92 Å². The summed E-state index contributed by atoms with van der Waals surface area (Å²) in [4.78, 5) is 29.6. The molecule has 192 valence electrons. The van der Waals surface area contributed by atoms with Crippen LogP contribution >= 0.6 is 0 Å². The number of nitrogens with zero attached hydrogens (tertiary/aromatic N) is 3. The molecule has 2 aromatic rings. The fourth-order valence-electron chi connectivity index (χ4n) is 5.20. The largest absolute Gasteiger partial charge is 0.479 e. The van der Waals surface area contributed by atoms with Crippen LogP contribution < -0.4 is 15.0 Å². The van der Waals surface area contributed by atoms with Crippen LogP contribution in [0.15, 0.2) is 47.4 Å². The van der Waals surface area contributed by atoms with Gasteiger partial charge in [0, 0.05) is 51.0 Å². The monoisotopic (exact) mass is 512 g/mol. The lowest BCUT2D eigenvalue weighted by atomic mass is 9.97. The van der Waals surface area contributed by atoms with Gasteiger partial charge in [0.05, 0.1) is 16.5 Å². The number of para-hydroxylation sites is 1. The summed E-state index contributed by atoms with van der Waals surface area (Å²) < 4.78 is 34.3. The van der Waals surface area contributed by atoms with E-state index in [1.807, 2.05) is 23.1 Å². The summed E-state index contributed by atoms with van der Waals surface area (Å²) in [5, 5.41) is 2.75. The van der Waals surface area contributed by atoms with Crippen LogP contribution in [0.2, 0.25) is 0 Å². The summed E-state index contributed by atoms with van der Waals surface area (Å²) in [7, 11) is -3.84. The molecule has 0 aliphatic carbocycles. The first-order valence-electron chi connectivity index (χ1n) is 12.4. The lowest BCUT2D eigenvalue weighted by molar-refractivity contribution is -0.137. The second-order valence-electron chi connectivity index (χ2n) is 9.71. The zero-order chi connectivity index (χ0) is 25.4. The maximum Gasteiger partial charge on any atom is 0.265 e. The van der Waals surface area contributed by atoms with Gasteiger partial charge in [0.25, 0.3) is 5.91 Å². The average Bonchev–Trinajstić information content (AvgIpc) is 2.89. The highest BCUT2D eigenvalue weighted by atomic mass is 32.2. The highest BCUT2D eigenvalue weighted by Crippen LogP contribution is 2.36. The zero-order valence-electron chi connectivity index (χ0n) is 20.6. The number of amides is 2. The van der Waals surface area contributed by atoms with E-state index in [1.165, 1.54) is 10.4 Å². The Morgan fingerprint density at radius 1 is 1.06 bits per heavy atom. The zero-order valence-corrected chi connectivity index (χ0v) is 21.5. The number of hydrogen-bond acceptors (Lipinski definition) is 6. The van der Waals surface area contributed by atoms with Crippen LogP contribution in [-0.4, -0.2) is 74.8 Å². The molecule has 5 rings (SSSR count). The van der Waals surface area contributed by atoms with E-state index in [0.717, 1.165) is 18.8 Å². The maximum absolute atomic E-state index is 13.6. The number of ether oxygens (including phenoxy) is 1. The van der Waals surface area contributed by atoms with Gasteiger partial charge in [0.15, 0.2) is 6.10 Å². The van der Waals surface area contributed by atoms with Gasteiger partial charge in [-0.1, -0.05) is 18.2 Å². The molecule has 10 heteroatoms. The molecule has 0 bridgehead atoms. The molecule has 2 aromatic carbocycles. The first-order valence-corrected chi connectivity index (χ1v) is 13.9. The predicted molar refractivity (Wildman–Crippen MR) is 137 cm³/mol. The van der Waals surface area contributed by atoms with Crippen molar-refractivity contribution in [3.8, 4) is 5.75 Å². The predicted octanol–water partition coefficient (Wildman–Crippen LogP) is 2.46. The van der Waals surface area contributed by atoms with Crippen LogP contribution in [0, 0.1) is 12.8 Å². The van der Waals surface area contributed by atoms with Crippen LogP contribution in [0.4, 0.5) is 11.4 Å². The Labute approximate surface area is 212 Å². The number of benzene rings is 2. The van der Waals surface area contributed by atoms with E-state index in [1.54, 1.807) is 19.9 Å². The molecule has 3 heterocycles. The second-order valence-corrected chi connectivity index (χ2v) is 11.6. The smallest absolute Gasteiger partial charge is 0.265 e. The number of nitrogens with one attached hydrogen (secondary N) is 1. The third-order valence-electron chi connectivity index (χ3n) is 7.27. The van der Waals surface area contributed by atoms with Crippen molar-refractivity contribution < 1.29 is 22.7 Å². The summed E-state index contributed by atoms with van der Waals surface area (Å²) in [5.41, 5.74) is 2.14. The Bertz CT molecular complexity index is 1260. The number of anilines is 2. The van der Waals surface area contributed by atoms with Crippen molar-refractivity contribution in [2.45, 2.75) is 37.7 Å². The number of carbonyl (C=O) groups is 2. The number of piperazine rings is 1. The molecule has 0 radical (unpaired) electrons. The Morgan fingerprint density at radius 2 is 1.78 bits per heavy atom. The standard InChI is InChI=1S/C26H32N4O5S/c1-18-15-22-23(35-19(2)25(31)27-22)16-24(18)36(33,34)30-10-6-7-20(17-30)26(32)29-13-11-28(12-14-29)21-8-4-3-5-9-21/h3-5,8-9,15-16,19-20H,6-7,10-14,17H2,1-2H3,(H,27,31)/t19-,20-/m0/s1. The molecule has 0 unspecified atom stereocenters. The number of sulfonamides is 1. The fourth-order valence-corrected chi connectivity index (χ4v) is 6.95. The molecular formula is C26H32N4O5S. The van der Waals surface area contributed by atoms with Gasteiger partial charge in [-0.3, -0.25) is 9.59 Å². The minimum absolute atomic E-state index is 0.0321. The van der Waals surface area contributed by atoms with E-state index in [9.17, 15) is 18.0 Å². The van der Waals surface area contributed by atoms with E-state index in [4.69, 9.17) is 4.74 Å². The average molecular weight is 513 g/mol. The van der Waals surface area contributed by atoms with Crippen LogP contribution in [0.5, 0.6) is 5.75 Å². The van der Waals surface area contributed by atoms with Crippen molar-refractivity contribution >= 4 is 33.2 Å². The first kappa shape index (κ1) is 24.6. The Balaban J connectivity index is 1.27. The normalized spacial score (nSPS) is 23.0. The molecule has 36 heavy (non-hydrogen) atoms. The number of aryl methyl sites for hydroxylation is 1. The minimum atomic E-state index is -3.84. The lowest BCUT2D eigenvalue weighted by Gasteiger charge is -2.39. The molecule has 2 saturated heterocycles. The molecule has 3 aliphatic heterocycles. The third-order valence-corrected chi connectivity index (χ3v) is 9.28. The van der Waals surface area contributed by atoms with Crippen LogP contribution in [0.1, 0.15) is 25.3 Å². The highest BCUT2D eigenvalue weighted by molar-refractivity contribution is 7.89. The summed E-state index contributed by atoms with van der Waals surface area (Å²) in [6, 6.07) is 13.3. The van der Waals surface area contributed by atoms with Gasteiger partial charge in [-0.05, 0) is 50.5 Å². The van der Waals surface area contributed by atoms with Gasteiger partial charge in [-0.2, -0.15) is 4.31 Å². The molecule has 0 saturated carbocycles. The topological polar surface area (TPSA) is 99.3 Å². The SMILES string of the molecule is Cc1cc2c(cc1S(=O)(=O)N1CCC[C@H](C(=O)N3CCN(c4ccccc4)CC3)C1)O[C@@H](C)C(=O)N2. The van der Waals surface area contributed by atoms with Gasteiger partial charge in [0.2, 0.25) is 15.9 Å². The quantitative estimate of drug-likeness (QED) is 0.676. The highest BCUT2D eigenvalue weighted by Gasteiger charge is 2.37. The van der Waals surface area contributed by atoms with E-state index >= 15 is 0 Å². The summed E-state index contributed by atoms with van der Waals surface area (Å²) in [6.45, 7) is 6.64. The molecular weight excluding hydrogens is 480 g/mol. The summed E-state index contributed by atoms with van der Waals surface area (Å²) in [6.07, 6.45) is 0.613. The van der Waals surface area contributed by atoms with E-state index in [-0.39, 0.29) is 29.2 Å². The van der Waals surface area contributed by atoms with Crippen molar-refractivity contribution in [3.05, 3.63) is 48.0 Å². The minimum Gasteiger partial charge on any atom is -0.479 e. The van der Waals surface area contributed by atoms with E-state index in [2.05, 4.69) is 22.3 Å². The summed E-state index contributed by atoms with van der Waals surface area (Å²) >= 11 is 0. The van der Waals surface area contributed by atoms with Crippen molar-refractivity contribution in [1.29, 1.82) is 0 Å². The number of hydrogen-bond donors (Lipinski definition) is 1. The number of piperidine rings is 1. The second kappa shape index (κ2) is 9.74. The number of rotatable bonds is 4. The van der Waals surface area contributed by atoms with Crippen molar-refractivity contribution in [3.63, 3.8) is 0 Å². The van der Waals surface area contributed by atoms with Gasteiger partial charge < -0.3 is 19.9 Å². The first-order chi connectivity index (χ1) is 17.2. The maximum atomic E-state index is 13.6. The fraction of sp³-hybridized carbons (Fsp3) is 0.462. The number of fused-ring (bicyclic) bond motifs is 1. The Hall–Kier alpha value is -3.11. The van der Waals surface area contributed by atoms with Gasteiger partial charge in [0.1, 0.15) is 5.75 Å². The van der Waals surface area contributed by atoms with Crippen molar-refractivity contribution in [2.75, 3.05) is 49.5 Å². The van der Waals surface area contributed by atoms with Gasteiger partial charge in [-0.15, -0.1) is 0 Å². The molecule has 1 N–H and O–H groups in total. The summed E-state index contributed by atoms with van der Waals surface area (Å²) in [5.74, 6) is -0.248. The van der Waals surface area contributed by atoms with E-state index < -0.39 is 16.1 Å².